The number of anilines is 4. The van der Waals surface area contributed by atoms with Crippen molar-refractivity contribution in [3.8, 4) is 5.88 Å². The average molecular weight is 590 g/mol. The Morgan fingerprint density at radius 2 is 1.88 bits per heavy atom. The minimum atomic E-state index is -0.901. The predicted octanol–water partition coefficient (Wildman–Crippen LogP) is 4.34. The molecule has 6 rings (SSSR count). The van der Waals surface area contributed by atoms with Crippen LogP contribution < -0.4 is 19.9 Å². The summed E-state index contributed by atoms with van der Waals surface area (Å²) in [7, 11) is 0. The maximum atomic E-state index is 13.1. The zero-order valence-corrected chi connectivity index (χ0v) is 24.9. The van der Waals surface area contributed by atoms with Gasteiger partial charge in [-0.3, -0.25) is 9.69 Å². The number of carbonyl (C=O) groups is 2. The molecule has 0 aliphatic carbocycles. The number of nitrogens with one attached hydrogen (secondary N) is 1. The lowest BCUT2D eigenvalue weighted by Gasteiger charge is -2.35. The van der Waals surface area contributed by atoms with Gasteiger partial charge in [-0.2, -0.15) is 0 Å². The molecule has 0 unspecified atom stereocenters. The summed E-state index contributed by atoms with van der Waals surface area (Å²) in [6, 6.07) is 7.52. The van der Waals surface area contributed by atoms with Crippen LogP contribution in [0.25, 0.3) is 0 Å². The number of halogens is 1. The van der Waals surface area contributed by atoms with Gasteiger partial charge in [-0.15, -0.1) is 0 Å². The van der Waals surface area contributed by atoms with Crippen molar-refractivity contribution in [2.24, 2.45) is 0 Å². The molecule has 0 saturated carbocycles. The number of nitrogens with zero attached hydrogens (tertiary/aromatic N) is 6. The first kappa shape index (κ1) is 28.6. The van der Waals surface area contributed by atoms with Gasteiger partial charge in [0.05, 0.1) is 50.2 Å². The molecule has 2 aromatic heterocycles. The Bertz CT molecular complexity index is 1540. The Morgan fingerprint density at radius 1 is 1.12 bits per heavy atom. The number of hydrogen-bond acceptors (Lipinski definition) is 9. The fourth-order valence-corrected chi connectivity index (χ4v) is 5.47. The third kappa shape index (κ3) is 6.18. The molecular formula is C31H36FN7O4. The van der Waals surface area contributed by atoms with Crippen molar-refractivity contribution >= 4 is 35.0 Å². The zero-order chi connectivity index (χ0) is 30.3. The second-order valence-electron chi connectivity index (χ2n) is 12.1. The number of likely N-dealkylation sites (tertiary alicyclic amines) is 1. The second kappa shape index (κ2) is 11.3. The lowest BCUT2D eigenvalue weighted by atomic mass is 10.0. The van der Waals surface area contributed by atoms with Crippen LogP contribution in [0.1, 0.15) is 43.2 Å². The van der Waals surface area contributed by atoms with Crippen LogP contribution in [0, 0.1) is 6.92 Å². The van der Waals surface area contributed by atoms with Crippen LogP contribution in [-0.4, -0.2) is 76.4 Å². The summed E-state index contributed by atoms with van der Waals surface area (Å²) in [5.74, 6) is 0.837. The van der Waals surface area contributed by atoms with Crippen molar-refractivity contribution in [1.29, 1.82) is 0 Å². The number of aromatic nitrogens is 3. The molecule has 5 heterocycles. The van der Waals surface area contributed by atoms with E-state index >= 15 is 0 Å². The summed E-state index contributed by atoms with van der Waals surface area (Å²) in [5, 5.41) is 3.26. The number of alkyl halides is 1. The number of benzene rings is 1. The first-order valence-corrected chi connectivity index (χ1v) is 14.5. The maximum Gasteiger partial charge on any atom is 0.415 e. The molecule has 0 atom stereocenters. The predicted molar refractivity (Wildman–Crippen MR) is 160 cm³/mol. The number of ether oxygens (including phenoxy) is 2. The van der Waals surface area contributed by atoms with E-state index < -0.39 is 17.9 Å². The monoisotopic (exact) mass is 589 g/mol. The van der Waals surface area contributed by atoms with Crippen LogP contribution in [0.2, 0.25) is 0 Å². The average Bonchev–Trinajstić information content (AvgIpc) is 2.95. The molecule has 0 radical (unpaired) electrons. The molecule has 3 aliphatic rings. The van der Waals surface area contributed by atoms with Crippen molar-refractivity contribution in [1.82, 2.24) is 19.9 Å². The Kier molecular flexibility index (Phi) is 7.53. The first-order valence-electron chi connectivity index (χ1n) is 14.5. The second-order valence-corrected chi connectivity index (χ2v) is 12.1. The Hall–Kier alpha value is -4.48. The lowest BCUT2D eigenvalue weighted by Crippen LogP contribution is -2.51. The van der Waals surface area contributed by atoms with Gasteiger partial charge in [0, 0.05) is 24.0 Å². The minimum absolute atomic E-state index is 0.0633. The van der Waals surface area contributed by atoms with Gasteiger partial charge in [-0.1, -0.05) is 12.1 Å². The number of hydrogen-bond donors (Lipinski definition) is 1. The Morgan fingerprint density at radius 3 is 2.60 bits per heavy atom. The zero-order valence-electron chi connectivity index (χ0n) is 24.9. The molecule has 11 nitrogen and oxygen atoms in total. The third-order valence-electron chi connectivity index (χ3n) is 7.73. The topological polar surface area (TPSA) is 113 Å². The van der Waals surface area contributed by atoms with Crippen LogP contribution in [-0.2, 0) is 28.9 Å². The van der Waals surface area contributed by atoms with Crippen molar-refractivity contribution in [3.63, 3.8) is 0 Å². The lowest BCUT2D eigenvalue weighted by molar-refractivity contribution is -0.137. The quantitative estimate of drug-likeness (QED) is 0.464. The fraction of sp³-hybridized carbons (Fsp3) is 0.452. The van der Waals surface area contributed by atoms with Crippen LogP contribution in [0.4, 0.5) is 32.2 Å². The van der Waals surface area contributed by atoms with Gasteiger partial charge in [0.1, 0.15) is 24.1 Å². The number of carbonyl (C=O) groups excluding carboxylic acids is 2. The maximum absolute atomic E-state index is 13.1. The van der Waals surface area contributed by atoms with Gasteiger partial charge >= 0.3 is 6.09 Å². The van der Waals surface area contributed by atoms with E-state index in [2.05, 4.69) is 20.2 Å². The summed E-state index contributed by atoms with van der Waals surface area (Å²) >= 11 is 0. The van der Waals surface area contributed by atoms with Crippen LogP contribution in [0.5, 0.6) is 5.88 Å². The largest absolute Gasteiger partial charge is 0.474 e. The van der Waals surface area contributed by atoms with Gasteiger partial charge < -0.3 is 24.6 Å². The van der Waals surface area contributed by atoms with E-state index in [4.69, 9.17) is 14.5 Å². The molecule has 1 saturated heterocycles. The van der Waals surface area contributed by atoms with Gasteiger partial charge in [-0.05, 0) is 57.4 Å². The summed E-state index contributed by atoms with van der Waals surface area (Å²) < 4.78 is 24.5. The van der Waals surface area contributed by atoms with Crippen molar-refractivity contribution in [3.05, 3.63) is 59.0 Å². The van der Waals surface area contributed by atoms with E-state index in [1.807, 2.05) is 58.2 Å². The van der Waals surface area contributed by atoms with E-state index in [9.17, 15) is 14.0 Å². The van der Waals surface area contributed by atoms with Gasteiger partial charge in [0.2, 0.25) is 17.7 Å². The smallest absolute Gasteiger partial charge is 0.415 e. The standard InChI is InChI=1S/C31H36FN7O4/c1-19-25(15-33-28-27(19)39(11-12-42-28)30(41)43-31(2,3)4)37-10-9-21-14-34-29(36-24(21)18-37)35-23-7-5-20(6-8-23)13-26(40)38-16-22(32)17-38/h5-8,14-15,22H,9-13,16-18H2,1-4H3,(H,34,35,36). The van der Waals surface area contributed by atoms with Gasteiger partial charge in [0.25, 0.3) is 0 Å². The number of rotatable bonds is 5. The van der Waals surface area contributed by atoms with Crippen LogP contribution in [0.3, 0.4) is 0 Å². The molecule has 0 spiro atoms. The number of fused-ring (bicyclic) bond motifs is 2. The van der Waals surface area contributed by atoms with E-state index in [0.717, 1.165) is 46.7 Å². The Labute approximate surface area is 250 Å². The summed E-state index contributed by atoms with van der Waals surface area (Å²) in [6.45, 7) is 9.93. The van der Waals surface area contributed by atoms with Crippen molar-refractivity contribution < 1.29 is 23.5 Å². The number of amides is 2. The van der Waals surface area contributed by atoms with Crippen LogP contribution in [0.15, 0.2) is 36.7 Å². The van der Waals surface area contributed by atoms with Crippen molar-refractivity contribution in [2.45, 2.75) is 58.9 Å². The molecule has 3 aliphatic heterocycles. The van der Waals surface area contributed by atoms with Crippen LogP contribution >= 0.6 is 0 Å². The van der Waals surface area contributed by atoms with Crippen molar-refractivity contribution in [2.75, 3.05) is 47.9 Å². The van der Waals surface area contributed by atoms with Gasteiger partial charge in [0.15, 0.2) is 0 Å². The highest BCUT2D eigenvalue weighted by molar-refractivity contribution is 5.92. The van der Waals surface area contributed by atoms with E-state index in [0.29, 0.717) is 37.2 Å². The molecular weight excluding hydrogens is 553 g/mol. The summed E-state index contributed by atoms with van der Waals surface area (Å²) in [5.41, 5.74) is 5.47. The highest BCUT2D eigenvalue weighted by atomic mass is 19.1. The fourth-order valence-electron chi connectivity index (χ4n) is 5.47. The molecule has 43 heavy (non-hydrogen) atoms. The molecule has 3 aromatic rings. The SMILES string of the molecule is Cc1c(N2CCc3cnc(Nc4ccc(CC(=O)N5CC(F)C5)cc4)nc3C2)cnc2c1N(C(=O)OC(C)(C)C)CCO2. The number of pyridine rings is 1. The molecule has 226 valence electrons. The molecule has 0 bridgehead atoms. The molecule has 12 heteroatoms. The Balaban J connectivity index is 1.15. The van der Waals surface area contributed by atoms with E-state index in [1.165, 1.54) is 4.90 Å². The summed E-state index contributed by atoms with van der Waals surface area (Å²) in [4.78, 5) is 44.5. The molecule has 1 aromatic carbocycles. The molecule has 1 fully saturated rings. The van der Waals surface area contributed by atoms with E-state index in [-0.39, 0.29) is 25.4 Å². The minimum Gasteiger partial charge on any atom is -0.474 e. The highest BCUT2D eigenvalue weighted by Crippen LogP contribution is 2.39. The van der Waals surface area contributed by atoms with E-state index in [1.54, 1.807) is 11.1 Å². The highest BCUT2D eigenvalue weighted by Gasteiger charge is 2.33. The van der Waals surface area contributed by atoms with Gasteiger partial charge in [-0.25, -0.2) is 24.1 Å². The molecule has 2 amide bonds. The molecule has 1 N–H and O–H groups in total. The summed E-state index contributed by atoms with van der Waals surface area (Å²) in [6.07, 6.45) is 3.34. The first-order chi connectivity index (χ1) is 20.5. The third-order valence-corrected chi connectivity index (χ3v) is 7.73. The normalized spacial score (nSPS) is 16.5.